The average molecular weight is 501 g/mol. The number of para-hydroxylation sites is 1. The Kier molecular flexibility index (Phi) is 6.53. The largest absolute Gasteiger partial charge is 0.507 e. The van der Waals surface area contributed by atoms with E-state index in [1.165, 1.54) is 0 Å². The Balaban J connectivity index is 1.55. The number of aliphatic hydroxyl groups excluding tert-OH is 1. The first-order chi connectivity index (χ1) is 17.5. The van der Waals surface area contributed by atoms with Crippen LogP contribution in [0.1, 0.15) is 29.7 Å². The average Bonchev–Trinajstić information content (AvgIpc) is 3.42. The lowest BCUT2D eigenvalue weighted by Gasteiger charge is -2.25. The van der Waals surface area contributed by atoms with Crippen LogP contribution in [0.3, 0.4) is 0 Å². The number of nitrogens with one attached hydrogen (secondary N) is 1. The Morgan fingerprint density at radius 1 is 1.03 bits per heavy atom. The van der Waals surface area contributed by atoms with E-state index >= 15 is 0 Å². The number of likely N-dealkylation sites (tertiary alicyclic amines) is 1. The summed E-state index contributed by atoms with van der Waals surface area (Å²) in [6, 6.07) is 21.0. The quantitative estimate of drug-likeness (QED) is 0.188. The zero-order chi connectivity index (χ0) is 25.2. The number of ether oxygens (including phenoxy) is 1. The van der Waals surface area contributed by atoms with Crippen LogP contribution in [-0.4, -0.2) is 39.8 Å². The van der Waals surface area contributed by atoms with Gasteiger partial charge in [-0.2, -0.15) is 0 Å². The lowest BCUT2D eigenvalue weighted by molar-refractivity contribution is -0.139. The molecule has 1 unspecified atom stereocenters. The van der Waals surface area contributed by atoms with E-state index in [9.17, 15) is 14.7 Å². The van der Waals surface area contributed by atoms with Gasteiger partial charge in [0.15, 0.2) is 0 Å². The predicted octanol–water partition coefficient (Wildman–Crippen LogP) is 5.88. The molecule has 5 rings (SSSR count). The molecule has 2 heterocycles. The molecule has 6 nitrogen and oxygen atoms in total. The molecule has 182 valence electrons. The molecule has 7 heteroatoms. The van der Waals surface area contributed by atoms with Crippen LogP contribution < -0.4 is 4.74 Å². The Bertz CT molecular complexity index is 1450. The number of aliphatic hydroxyl groups is 1. The van der Waals surface area contributed by atoms with Crippen molar-refractivity contribution in [3.05, 3.63) is 106 Å². The van der Waals surface area contributed by atoms with Gasteiger partial charge in [-0.3, -0.25) is 9.59 Å². The third-order valence-electron chi connectivity index (χ3n) is 6.46. The molecule has 0 bridgehead atoms. The minimum absolute atomic E-state index is 0.0606. The van der Waals surface area contributed by atoms with Crippen molar-refractivity contribution in [1.82, 2.24) is 9.88 Å². The highest BCUT2D eigenvalue weighted by Crippen LogP contribution is 2.40. The lowest BCUT2D eigenvalue weighted by Crippen LogP contribution is -2.31. The first-order valence-electron chi connectivity index (χ1n) is 11.8. The van der Waals surface area contributed by atoms with Gasteiger partial charge in [-0.25, -0.2) is 0 Å². The maximum absolute atomic E-state index is 13.3. The number of fused-ring (bicyclic) bond motifs is 1. The van der Waals surface area contributed by atoms with Gasteiger partial charge in [0, 0.05) is 34.2 Å². The van der Waals surface area contributed by atoms with Crippen LogP contribution in [0.4, 0.5) is 0 Å². The number of carbonyl (C=O) groups excluding carboxylic acids is 2. The van der Waals surface area contributed by atoms with E-state index in [1.807, 2.05) is 49.5 Å². The minimum atomic E-state index is -0.735. The van der Waals surface area contributed by atoms with E-state index in [0.29, 0.717) is 41.5 Å². The highest BCUT2D eigenvalue weighted by Gasteiger charge is 2.45. The van der Waals surface area contributed by atoms with Crippen molar-refractivity contribution in [3.63, 3.8) is 0 Å². The monoisotopic (exact) mass is 500 g/mol. The highest BCUT2D eigenvalue weighted by molar-refractivity contribution is 6.46. The van der Waals surface area contributed by atoms with Gasteiger partial charge in [-0.05, 0) is 66.9 Å². The number of nitrogens with zero attached hydrogens (tertiary/aromatic N) is 1. The van der Waals surface area contributed by atoms with Crippen molar-refractivity contribution in [2.24, 2.45) is 0 Å². The molecule has 36 heavy (non-hydrogen) atoms. The van der Waals surface area contributed by atoms with Crippen molar-refractivity contribution in [2.45, 2.75) is 19.4 Å². The number of halogens is 1. The second-order valence-electron chi connectivity index (χ2n) is 8.61. The van der Waals surface area contributed by atoms with Crippen LogP contribution >= 0.6 is 11.6 Å². The zero-order valence-electron chi connectivity index (χ0n) is 19.7. The Morgan fingerprint density at radius 2 is 1.75 bits per heavy atom. The SMILES string of the molecule is CCOc1ccc(C2/C(=C(/O)c3ccc(Cl)cc3)C(=O)C(=O)N2CCc2c[nH]c3ccccc23)cc1. The summed E-state index contributed by atoms with van der Waals surface area (Å²) in [6.07, 6.45) is 2.48. The number of hydrogen-bond donors (Lipinski definition) is 2. The Labute approximate surface area is 213 Å². The summed E-state index contributed by atoms with van der Waals surface area (Å²) >= 11 is 6.01. The number of hydrogen-bond acceptors (Lipinski definition) is 4. The summed E-state index contributed by atoms with van der Waals surface area (Å²) in [6.45, 7) is 2.74. The molecule has 1 aliphatic heterocycles. The molecule has 1 aromatic heterocycles. The minimum Gasteiger partial charge on any atom is -0.507 e. The maximum atomic E-state index is 13.3. The zero-order valence-corrected chi connectivity index (χ0v) is 20.5. The summed E-state index contributed by atoms with van der Waals surface area (Å²) in [4.78, 5) is 31.3. The molecule has 1 aliphatic rings. The first kappa shape index (κ1) is 23.7. The third-order valence-corrected chi connectivity index (χ3v) is 6.71. The number of rotatable bonds is 7. The molecule has 1 atom stereocenters. The van der Waals surface area contributed by atoms with Crippen molar-refractivity contribution in [2.75, 3.05) is 13.2 Å². The van der Waals surface area contributed by atoms with Gasteiger partial charge >= 0.3 is 0 Å². The maximum Gasteiger partial charge on any atom is 0.295 e. The van der Waals surface area contributed by atoms with Crippen molar-refractivity contribution in [1.29, 1.82) is 0 Å². The lowest BCUT2D eigenvalue weighted by atomic mass is 9.95. The van der Waals surface area contributed by atoms with E-state index in [0.717, 1.165) is 16.5 Å². The Morgan fingerprint density at radius 3 is 2.47 bits per heavy atom. The molecule has 1 fully saturated rings. The number of amides is 1. The summed E-state index contributed by atoms with van der Waals surface area (Å²) in [7, 11) is 0. The third kappa shape index (κ3) is 4.36. The van der Waals surface area contributed by atoms with Gasteiger partial charge in [0.2, 0.25) is 0 Å². The highest BCUT2D eigenvalue weighted by atomic mass is 35.5. The fourth-order valence-corrected chi connectivity index (χ4v) is 4.84. The molecular weight excluding hydrogens is 476 g/mol. The van der Waals surface area contributed by atoms with Crippen molar-refractivity contribution >= 4 is 40.0 Å². The van der Waals surface area contributed by atoms with Crippen LogP contribution in [0.5, 0.6) is 5.75 Å². The summed E-state index contributed by atoms with van der Waals surface area (Å²) in [5.74, 6) is -0.877. The van der Waals surface area contributed by atoms with Gasteiger partial charge < -0.3 is 19.7 Å². The second kappa shape index (κ2) is 9.91. The summed E-state index contributed by atoms with van der Waals surface area (Å²) in [5.41, 5.74) is 3.26. The van der Waals surface area contributed by atoms with Gasteiger partial charge in [-0.15, -0.1) is 0 Å². The Hall–Kier alpha value is -4.03. The van der Waals surface area contributed by atoms with E-state index in [-0.39, 0.29) is 11.3 Å². The number of benzene rings is 3. The van der Waals surface area contributed by atoms with Crippen molar-refractivity contribution in [3.8, 4) is 5.75 Å². The topological polar surface area (TPSA) is 82.6 Å². The molecule has 1 amide bonds. The van der Waals surface area contributed by atoms with Gasteiger partial charge in [0.05, 0.1) is 18.2 Å². The van der Waals surface area contributed by atoms with Gasteiger partial charge in [0.25, 0.3) is 11.7 Å². The normalized spacial score (nSPS) is 17.2. The predicted molar refractivity (Wildman–Crippen MR) is 140 cm³/mol. The molecule has 0 aliphatic carbocycles. The number of ketones is 1. The molecule has 1 saturated heterocycles. The molecule has 3 aromatic carbocycles. The molecule has 4 aromatic rings. The molecule has 0 saturated carbocycles. The van der Waals surface area contributed by atoms with Crippen LogP contribution in [0.25, 0.3) is 16.7 Å². The first-order valence-corrected chi connectivity index (χ1v) is 12.2. The van der Waals surface area contributed by atoms with Gasteiger partial charge in [0.1, 0.15) is 11.5 Å². The molecule has 0 radical (unpaired) electrons. The summed E-state index contributed by atoms with van der Waals surface area (Å²) < 4.78 is 5.56. The summed E-state index contributed by atoms with van der Waals surface area (Å²) in [5, 5.41) is 12.8. The van der Waals surface area contributed by atoms with E-state index in [2.05, 4.69) is 4.98 Å². The number of aromatic nitrogens is 1. The van der Waals surface area contributed by atoms with E-state index in [1.54, 1.807) is 41.3 Å². The van der Waals surface area contributed by atoms with Crippen molar-refractivity contribution < 1.29 is 19.4 Å². The molecular formula is C29H25ClN2O4. The fourth-order valence-electron chi connectivity index (χ4n) is 4.71. The smallest absolute Gasteiger partial charge is 0.295 e. The standard InChI is InChI=1S/C29H25ClN2O4/c1-2-36-22-13-9-18(10-14-22)26-25(27(33)19-7-11-21(30)12-8-19)28(34)29(35)32(26)16-15-20-17-31-24-6-4-3-5-23(20)24/h3-14,17,26,31,33H,2,15-16H2,1H3/b27-25-. The second-order valence-corrected chi connectivity index (χ2v) is 9.05. The number of H-pyrrole nitrogens is 1. The fraction of sp³-hybridized carbons (Fsp3) is 0.172. The van der Waals surface area contributed by atoms with Crippen LogP contribution in [0.15, 0.2) is 84.6 Å². The van der Waals surface area contributed by atoms with E-state index < -0.39 is 17.7 Å². The molecule has 0 spiro atoms. The van der Waals surface area contributed by atoms with Crippen LogP contribution in [0, 0.1) is 0 Å². The number of Topliss-reactive ketones (excluding diaryl/α,β-unsaturated/α-hetero) is 1. The number of carbonyl (C=O) groups is 2. The molecule has 2 N–H and O–H groups in total. The van der Waals surface area contributed by atoms with Crippen LogP contribution in [0.2, 0.25) is 5.02 Å². The van der Waals surface area contributed by atoms with Gasteiger partial charge in [-0.1, -0.05) is 41.9 Å². The van der Waals surface area contributed by atoms with Crippen LogP contribution in [-0.2, 0) is 16.0 Å². The number of aromatic amines is 1. The van der Waals surface area contributed by atoms with E-state index in [4.69, 9.17) is 16.3 Å².